The monoisotopic (exact) mass is 186 g/mol. The standard InChI is InChI=1S/C8H7ClO3/c1-10-5-2-6(9)8-7(3-5)11-4-12-8/h2-3H,4H2,1H3. The van der Waals surface area contributed by atoms with Crippen molar-refractivity contribution in [2.24, 2.45) is 0 Å². The van der Waals surface area contributed by atoms with E-state index in [4.69, 9.17) is 25.8 Å². The molecule has 0 spiro atoms. The van der Waals surface area contributed by atoms with E-state index >= 15 is 0 Å². The molecule has 1 aromatic carbocycles. The molecule has 2 rings (SSSR count). The van der Waals surface area contributed by atoms with Crippen LogP contribution >= 0.6 is 11.6 Å². The minimum Gasteiger partial charge on any atom is -0.497 e. The number of halogens is 1. The van der Waals surface area contributed by atoms with Gasteiger partial charge < -0.3 is 14.2 Å². The number of benzene rings is 1. The largest absolute Gasteiger partial charge is 0.497 e. The summed E-state index contributed by atoms with van der Waals surface area (Å²) in [6.45, 7) is 0.224. The van der Waals surface area contributed by atoms with Crippen molar-refractivity contribution in [1.82, 2.24) is 0 Å². The SMILES string of the molecule is COc1cc(Cl)c2c(c1)OCO2. The van der Waals surface area contributed by atoms with Gasteiger partial charge in [-0.15, -0.1) is 0 Å². The van der Waals surface area contributed by atoms with Crippen molar-refractivity contribution in [3.63, 3.8) is 0 Å². The van der Waals surface area contributed by atoms with Gasteiger partial charge in [-0.05, 0) is 0 Å². The Morgan fingerprint density at radius 1 is 1.42 bits per heavy atom. The minimum atomic E-state index is 0.224. The molecular weight excluding hydrogens is 180 g/mol. The lowest BCUT2D eigenvalue weighted by atomic mass is 10.3. The van der Waals surface area contributed by atoms with E-state index in [1.165, 1.54) is 0 Å². The van der Waals surface area contributed by atoms with Crippen molar-refractivity contribution < 1.29 is 14.2 Å². The fourth-order valence-electron chi connectivity index (χ4n) is 1.06. The molecule has 0 amide bonds. The van der Waals surface area contributed by atoms with Crippen LogP contribution in [-0.4, -0.2) is 13.9 Å². The smallest absolute Gasteiger partial charge is 0.231 e. The fraction of sp³-hybridized carbons (Fsp3) is 0.250. The Bertz CT molecular complexity index is 311. The Kier molecular flexibility index (Phi) is 1.73. The van der Waals surface area contributed by atoms with Gasteiger partial charge in [0.05, 0.1) is 12.1 Å². The summed E-state index contributed by atoms with van der Waals surface area (Å²) in [7, 11) is 1.58. The maximum atomic E-state index is 5.87. The molecule has 0 aliphatic carbocycles. The third-order valence-electron chi connectivity index (χ3n) is 1.64. The van der Waals surface area contributed by atoms with E-state index in [0.29, 0.717) is 22.3 Å². The first-order valence-electron chi connectivity index (χ1n) is 3.44. The summed E-state index contributed by atoms with van der Waals surface area (Å²) < 4.78 is 15.3. The number of hydrogen-bond acceptors (Lipinski definition) is 3. The maximum absolute atomic E-state index is 5.87. The summed E-state index contributed by atoms with van der Waals surface area (Å²) in [6.07, 6.45) is 0. The lowest BCUT2D eigenvalue weighted by Gasteiger charge is -2.02. The molecule has 1 aliphatic rings. The Morgan fingerprint density at radius 2 is 2.25 bits per heavy atom. The van der Waals surface area contributed by atoms with Crippen LogP contribution in [0.4, 0.5) is 0 Å². The van der Waals surface area contributed by atoms with E-state index in [0.717, 1.165) is 0 Å². The summed E-state index contributed by atoms with van der Waals surface area (Å²) in [5.41, 5.74) is 0. The van der Waals surface area contributed by atoms with Gasteiger partial charge in [0.1, 0.15) is 5.75 Å². The summed E-state index contributed by atoms with van der Waals surface area (Å²) >= 11 is 5.87. The van der Waals surface area contributed by atoms with Gasteiger partial charge in [-0.2, -0.15) is 0 Å². The van der Waals surface area contributed by atoms with E-state index in [-0.39, 0.29) is 6.79 Å². The predicted molar refractivity (Wildman–Crippen MR) is 44.1 cm³/mol. The van der Waals surface area contributed by atoms with Crippen molar-refractivity contribution in [1.29, 1.82) is 0 Å². The highest BCUT2D eigenvalue weighted by Crippen LogP contribution is 2.41. The van der Waals surface area contributed by atoms with Crippen LogP contribution in [0.15, 0.2) is 12.1 Å². The van der Waals surface area contributed by atoms with Crippen LogP contribution in [-0.2, 0) is 0 Å². The number of ether oxygens (including phenoxy) is 3. The van der Waals surface area contributed by atoms with Crippen LogP contribution in [0.2, 0.25) is 5.02 Å². The predicted octanol–water partition coefficient (Wildman–Crippen LogP) is 2.08. The first kappa shape index (κ1) is 7.55. The highest BCUT2D eigenvalue weighted by molar-refractivity contribution is 6.32. The molecule has 0 bridgehead atoms. The van der Waals surface area contributed by atoms with Crippen molar-refractivity contribution in [2.75, 3.05) is 13.9 Å². The summed E-state index contributed by atoms with van der Waals surface area (Å²) in [5, 5.41) is 0.516. The average molecular weight is 187 g/mol. The van der Waals surface area contributed by atoms with Gasteiger partial charge in [0.15, 0.2) is 11.5 Å². The van der Waals surface area contributed by atoms with Gasteiger partial charge >= 0.3 is 0 Å². The Labute approximate surface area is 74.8 Å². The zero-order chi connectivity index (χ0) is 8.55. The Balaban J connectivity index is 2.51. The molecule has 3 nitrogen and oxygen atoms in total. The van der Waals surface area contributed by atoms with Crippen LogP contribution in [0, 0.1) is 0 Å². The van der Waals surface area contributed by atoms with Gasteiger partial charge in [0, 0.05) is 12.1 Å². The van der Waals surface area contributed by atoms with E-state index in [2.05, 4.69) is 0 Å². The van der Waals surface area contributed by atoms with Crippen LogP contribution in [0.5, 0.6) is 17.2 Å². The van der Waals surface area contributed by atoms with Crippen molar-refractivity contribution in [2.45, 2.75) is 0 Å². The van der Waals surface area contributed by atoms with Crippen molar-refractivity contribution in [3.05, 3.63) is 17.2 Å². The molecule has 12 heavy (non-hydrogen) atoms. The molecule has 0 fully saturated rings. The molecule has 0 unspecified atom stereocenters. The molecular formula is C8H7ClO3. The minimum absolute atomic E-state index is 0.224. The number of hydrogen-bond donors (Lipinski definition) is 0. The molecule has 0 saturated carbocycles. The lowest BCUT2D eigenvalue weighted by Crippen LogP contribution is -1.93. The Hall–Kier alpha value is -1.09. The summed E-state index contributed by atoms with van der Waals surface area (Å²) in [6, 6.07) is 3.43. The van der Waals surface area contributed by atoms with Crippen molar-refractivity contribution >= 4 is 11.6 Å². The first-order chi connectivity index (χ1) is 5.81. The molecule has 0 N–H and O–H groups in total. The molecule has 0 aromatic heterocycles. The highest BCUT2D eigenvalue weighted by atomic mass is 35.5. The number of rotatable bonds is 1. The zero-order valence-corrected chi connectivity index (χ0v) is 7.22. The normalized spacial score (nSPS) is 13.2. The second kappa shape index (κ2) is 2.75. The first-order valence-corrected chi connectivity index (χ1v) is 3.82. The number of methoxy groups -OCH3 is 1. The molecule has 0 saturated heterocycles. The molecule has 1 aromatic rings. The van der Waals surface area contributed by atoms with E-state index in [9.17, 15) is 0 Å². The van der Waals surface area contributed by atoms with E-state index in [1.54, 1.807) is 19.2 Å². The Morgan fingerprint density at radius 3 is 3.00 bits per heavy atom. The molecule has 1 heterocycles. The summed E-state index contributed by atoms with van der Waals surface area (Å²) in [5.74, 6) is 1.90. The van der Waals surface area contributed by atoms with Crippen LogP contribution < -0.4 is 14.2 Å². The molecule has 0 atom stereocenters. The van der Waals surface area contributed by atoms with Crippen LogP contribution in [0.3, 0.4) is 0 Å². The average Bonchev–Trinajstić information content (AvgIpc) is 2.52. The van der Waals surface area contributed by atoms with Gasteiger partial charge in [0.25, 0.3) is 0 Å². The quantitative estimate of drug-likeness (QED) is 0.672. The lowest BCUT2D eigenvalue weighted by molar-refractivity contribution is 0.174. The van der Waals surface area contributed by atoms with Gasteiger partial charge in [-0.25, -0.2) is 0 Å². The van der Waals surface area contributed by atoms with Gasteiger partial charge in [-0.1, -0.05) is 11.6 Å². The molecule has 4 heteroatoms. The second-order valence-corrected chi connectivity index (χ2v) is 2.75. The van der Waals surface area contributed by atoms with E-state index in [1.807, 2.05) is 0 Å². The van der Waals surface area contributed by atoms with Gasteiger partial charge in [-0.3, -0.25) is 0 Å². The van der Waals surface area contributed by atoms with Crippen LogP contribution in [0.1, 0.15) is 0 Å². The third-order valence-corrected chi connectivity index (χ3v) is 1.92. The zero-order valence-electron chi connectivity index (χ0n) is 6.46. The van der Waals surface area contributed by atoms with E-state index < -0.39 is 0 Å². The molecule has 64 valence electrons. The molecule has 0 radical (unpaired) electrons. The summed E-state index contributed by atoms with van der Waals surface area (Å²) in [4.78, 5) is 0. The third kappa shape index (κ3) is 1.06. The second-order valence-electron chi connectivity index (χ2n) is 2.34. The highest BCUT2D eigenvalue weighted by Gasteiger charge is 2.18. The topological polar surface area (TPSA) is 27.7 Å². The van der Waals surface area contributed by atoms with Gasteiger partial charge in [0.2, 0.25) is 6.79 Å². The number of fused-ring (bicyclic) bond motifs is 1. The molecule has 1 aliphatic heterocycles. The van der Waals surface area contributed by atoms with Crippen molar-refractivity contribution in [3.8, 4) is 17.2 Å². The maximum Gasteiger partial charge on any atom is 0.231 e. The fourth-order valence-corrected chi connectivity index (χ4v) is 1.32. The van der Waals surface area contributed by atoms with Crippen LogP contribution in [0.25, 0.3) is 0 Å².